The van der Waals surface area contributed by atoms with E-state index in [4.69, 9.17) is 52.5 Å². The number of nitrogens with one attached hydrogen (secondary N) is 6. The molecule has 7 unspecified atom stereocenters. The van der Waals surface area contributed by atoms with Crippen LogP contribution in [0.2, 0.25) is 0 Å². The Morgan fingerprint density at radius 3 is 0.860 bits per heavy atom. The molecule has 7 N–H and O–H groups in total. The Bertz CT molecular complexity index is 2450. The number of carbonyl (C=O) groups excluding carboxylic acids is 6. The maximum absolute atomic E-state index is 12.0. The number of ether oxygens (including phenoxy) is 10. The van der Waals surface area contributed by atoms with Crippen LogP contribution in [-0.2, 0) is 47.4 Å². The number of hydrogen-bond donors (Lipinski definition) is 7. The number of unbranched alkanes of at least 4 members (excludes halogenated alkanes) is 3. The molecule has 114 heavy (non-hydrogen) atoms. The molecule has 6 amide bonds. The van der Waals surface area contributed by atoms with Gasteiger partial charge in [0.2, 0.25) is 0 Å². The lowest BCUT2D eigenvalue weighted by Gasteiger charge is -2.36. The van der Waals surface area contributed by atoms with Gasteiger partial charge in [-0.2, -0.15) is 0 Å². The third kappa shape index (κ3) is 46.1. The van der Waals surface area contributed by atoms with Crippen molar-refractivity contribution in [2.24, 2.45) is 107 Å². The highest BCUT2D eigenvalue weighted by molar-refractivity contribution is 5.69. The number of aliphatic hydroxyl groups excluding tert-OH is 1. The summed E-state index contributed by atoms with van der Waals surface area (Å²) < 4.78 is 54.4. The van der Waals surface area contributed by atoms with Crippen molar-refractivity contribution in [3.8, 4) is 0 Å². The quantitative estimate of drug-likeness (QED) is 0.0243. The van der Waals surface area contributed by atoms with Crippen LogP contribution in [0.4, 0.5) is 28.8 Å². The number of carbonyl (C=O) groups is 6. The molecule has 19 atom stereocenters. The normalized spacial score (nSPS) is 28.7. The summed E-state index contributed by atoms with van der Waals surface area (Å²) in [6.45, 7) is 51.9. The molecule has 1 heterocycles. The number of hydrogen-bond acceptors (Lipinski definition) is 17. The van der Waals surface area contributed by atoms with Gasteiger partial charge < -0.3 is 84.4 Å². The van der Waals surface area contributed by atoms with Crippen LogP contribution >= 0.6 is 0 Å². The highest BCUT2D eigenvalue weighted by Gasteiger charge is 2.39. The molecule has 1 aliphatic heterocycles. The zero-order chi connectivity index (χ0) is 85.2. The van der Waals surface area contributed by atoms with Gasteiger partial charge in [0, 0.05) is 66.7 Å². The van der Waals surface area contributed by atoms with Gasteiger partial charge in [-0.15, -0.1) is 0 Å². The summed E-state index contributed by atoms with van der Waals surface area (Å²) >= 11 is 0. The van der Waals surface area contributed by atoms with Crippen LogP contribution in [0.3, 0.4) is 0 Å². The first-order valence-electron chi connectivity index (χ1n) is 45.6. The largest absolute Gasteiger partial charge is 0.446 e. The molecular weight excluding hydrogens is 1450 g/mol. The van der Waals surface area contributed by atoms with Crippen molar-refractivity contribution in [3.63, 3.8) is 0 Å². The lowest BCUT2D eigenvalue weighted by atomic mass is 9.75. The molecule has 23 heteroatoms. The minimum atomic E-state index is -0.399. The summed E-state index contributed by atoms with van der Waals surface area (Å²) in [5, 5.41) is 25.2. The van der Waals surface area contributed by atoms with Crippen LogP contribution < -0.4 is 31.9 Å². The zero-order valence-corrected chi connectivity index (χ0v) is 76.4. The molecule has 0 radical (unpaired) electrons. The topological polar surface area (TPSA) is 287 Å². The minimum absolute atomic E-state index is 0.0254. The van der Waals surface area contributed by atoms with E-state index in [1.54, 1.807) is 14.2 Å². The van der Waals surface area contributed by atoms with Crippen molar-refractivity contribution in [1.29, 1.82) is 0 Å². The van der Waals surface area contributed by atoms with Crippen LogP contribution in [0, 0.1) is 107 Å². The second-order valence-electron chi connectivity index (χ2n) is 37.3. The Hall–Kier alpha value is -4.58. The molecule has 7 rings (SSSR count). The van der Waals surface area contributed by atoms with E-state index in [1.807, 2.05) is 13.8 Å². The number of methoxy groups -OCH3 is 2. The van der Waals surface area contributed by atoms with Gasteiger partial charge in [0.25, 0.3) is 0 Å². The molecule has 0 aromatic rings. The van der Waals surface area contributed by atoms with Crippen LogP contribution in [0.25, 0.3) is 0 Å². The number of amides is 6. The average molecular weight is 1620 g/mol. The van der Waals surface area contributed by atoms with Crippen molar-refractivity contribution < 1.29 is 81.2 Å². The Kier molecular flexibility index (Phi) is 56.3. The highest BCUT2D eigenvalue weighted by Crippen LogP contribution is 2.41. The predicted molar refractivity (Wildman–Crippen MR) is 457 cm³/mol. The van der Waals surface area contributed by atoms with E-state index in [0.29, 0.717) is 153 Å². The molecule has 0 aromatic carbocycles. The van der Waals surface area contributed by atoms with Gasteiger partial charge in [-0.05, 0) is 223 Å². The molecule has 0 bridgehead atoms. The van der Waals surface area contributed by atoms with Gasteiger partial charge in [0.05, 0.1) is 32.0 Å². The van der Waals surface area contributed by atoms with Crippen molar-refractivity contribution in [1.82, 2.24) is 31.9 Å². The second kappa shape index (κ2) is 60.8. The van der Waals surface area contributed by atoms with Crippen molar-refractivity contribution >= 4 is 36.6 Å². The van der Waals surface area contributed by atoms with E-state index in [9.17, 15) is 28.8 Å². The molecule has 6 aliphatic carbocycles. The molecule has 7 fully saturated rings. The maximum Gasteiger partial charge on any atom is 0.407 e. The van der Waals surface area contributed by atoms with Gasteiger partial charge in [-0.3, -0.25) is 0 Å². The fourth-order valence-electron chi connectivity index (χ4n) is 17.6. The Morgan fingerprint density at radius 1 is 0.342 bits per heavy atom. The number of alkyl carbamates (subject to hydrolysis) is 6. The Balaban J connectivity index is 0.000000465. The van der Waals surface area contributed by atoms with E-state index < -0.39 is 6.09 Å². The number of rotatable bonds is 32. The first-order chi connectivity index (χ1) is 54.1. The molecule has 0 spiro atoms. The van der Waals surface area contributed by atoms with Crippen LogP contribution in [0.5, 0.6) is 0 Å². The SMILES string of the molecule is CC(C)[C@H]1CC[C@H](C)C[C@@H]1OC(=O)NCC1CCCO1.CC(C)[C@H]1CC[C@H](C)C[C@@H]1OC(=O)NCCO.CC1CCC(C(C)C)C(OC(=O)NCCCOC(C)C)C1.CCCCCCNC(=O)OC1CC(C)CCC1C(C)C.COCCNC(=O)O[C@@H]1C[C@H](C)CC[C@H]1C(C)C.COCCNC(=O)O[C@H]1C[C@@H](C)CC[C@@H]1C(C)C. The fourth-order valence-corrected chi connectivity index (χ4v) is 17.6. The monoisotopic (exact) mass is 1620 g/mol. The summed E-state index contributed by atoms with van der Waals surface area (Å²) in [4.78, 5) is 70.6. The third-order valence-corrected chi connectivity index (χ3v) is 24.7. The van der Waals surface area contributed by atoms with Crippen LogP contribution in [-0.4, -0.2) is 177 Å². The van der Waals surface area contributed by atoms with Crippen molar-refractivity contribution in [2.45, 2.75) is 355 Å². The molecule has 670 valence electrons. The van der Waals surface area contributed by atoms with Crippen LogP contribution in [0.1, 0.15) is 306 Å². The van der Waals surface area contributed by atoms with E-state index in [0.717, 1.165) is 96.6 Å². The summed E-state index contributed by atoms with van der Waals surface area (Å²) in [5.74, 6) is 10.3. The minimum Gasteiger partial charge on any atom is -0.446 e. The fraction of sp³-hybridized carbons (Fsp3) is 0.934. The lowest BCUT2D eigenvalue weighted by Crippen LogP contribution is -2.40. The van der Waals surface area contributed by atoms with E-state index in [2.05, 4.69) is 163 Å². The molecule has 6 saturated carbocycles. The Labute approximate surface area is 694 Å². The van der Waals surface area contributed by atoms with Crippen LogP contribution in [0.15, 0.2) is 0 Å². The highest BCUT2D eigenvalue weighted by atomic mass is 16.6. The zero-order valence-electron chi connectivity index (χ0n) is 76.4. The molecule has 7 aliphatic rings. The van der Waals surface area contributed by atoms with Gasteiger partial charge in [0.1, 0.15) is 36.6 Å². The summed E-state index contributed by atoms with van der Waals surface area (Å²) in [6, 6.07) is 0. The van der Waals surface area contributed by atoms with E-state index in [1.165, 1.54) is 77.0 Å². The van der Waals surface area contributed by atoms with Crippen molar-refractivity contribution in [3.05, 3.63) is 0 Å². The van der Waals surface area contributed by atoms with Crippen molar-refractivity contribution in [2.75, 3.05) is 86.5 Å². The average Bonchev–Trinajstić information content (AvgIpc) is 1.02. The third-order valence-electron chi connectivity index (χ3n) is 24.7. The maximum atomic E-state index is 12.0. The first kappa shape index (κ1) is 105. The molecular formula is C91H174N6O17. The Morgan fingerprint density at radius 2 is 0.614 bits per heavy atom. The standard InChI is InChI=1S/C17H33NO3.C17H33NO2.C16H29NO3.2C14H27NO3.C13H25NO3/c1-12(2)15-8-7-14(5)11-16(15)21-17(19)18-9-6-10-20-13(3)4;1-5-6-7-8-11-18-17(19)20-16-12-14(4)9-10-15(16)13(2)3;1-11(2)14-7-6-12(3)9-15(14)20-16(18)17-10-13-5-4-8-19-13;2*1-10(2)12-6-5-11(3)9-13(12)18-14(16)15-7-8-17-4;1-9(2)11-5-4-10(3)8-12(11)17-13(16)14-6-7-15/h12-16H,6-11H2,1-5H3,(H,18,19);13-16H,5-12H2,1-4H3,(H,18,19);11-15H,4-10H2,1-3H3,(H,17,18);2*10-13H,5-9H2,1-4H3,(H,15,16);9-12,15H,4-8H2,1-3H3,(H,14,16)/t;;12-,13?,14+,15-;2*11-,12+,13-;10-,11+,12-/m..0100/s1. The number of aliphatic hydroxyl groups is 1. The summed E-state index contributed by atoms with van der Waals surface area (Å²) in [7, 11) is 3.23. The molecule has 23 nitrogen and oxygen atoms in total. The molecule has 1 saturated heterocycles. The lowest BCUT2D eigenvalue weighted by molar-refractivity contribution is 0.00399. The predicted octanol–water partition coefficient (Wildman–Crippen LogP) is 19.9. The van der Waals surface area contributed by atoms with Gasteiger partial charge in [-0.25, -0.2) is 28.8 Å². The summed E-state index contributed by atoms with van der Waals surface area (Å²) in [6.07, 6.45) is 27.1. The summed E-state index contributed by atoms with van der Waals surface area (Å²) in [5.41, 5.74) is 0. The molecule has 0 aromatic heterocycles. The second-order valence-corrected chi connectivity index (χ2v) is 37.3. The van der Waals surface area contributed by atoms with Gasteiger partial charge in [-0.1, -0.05) is 189 Å². The van der Waals surface area contributed by atoms with Gasteiger partial charge in [0.15, 0.2) is 0 Å². The smallest absolute Gasteiger partial charge is 0.407 e. The van der Waals surface area contributed by atoms with E-state index in [-0.39, 0.29) is 92.4 Å². The van der Waals surface area contributed by atoms with E-state index >= 15 is 0 Å². The van der Waals surface area contributed by atoms with Gasteiger partial charge >= 0.3 is 36.6 Å². The first-order valence-corrected chi connectivity index (χ1v) is 45.6.